The zero-order valence-electron chi connectivity index (χ0n) is 12.1. The summed E-state index contributed by atoms with van der Waals surface area (Å²) in [6.07, 6.45) is 2.69. The standard InChI is InChI=1S/C17H21BrN2O/c18-17-7-6-16(21-17)12-19-11-14-4-3-5-15(10-14)13-20-8-1-2-9-20/h3-7,10,19H,1-2,8-9,11-13H2. The number of nitrogens with zero attached hydrogens (tertiary/aromatic N) is 1. The predicted octanol–water partition coefficient (Wildman–Crippen LogP) is 3.93. The maximum absolute atomic E-state index is 5.48. The Morgan fingerprint density at radius 2 is 1.86 bits per heavy atom. The molecule has 1 aromatic heterocycles. The lowest BCUT2D eigenvalue weighted by Crippen LogP contribution is -2.18. The van der Waals surface area contributed by atoms with Crippen molar-refractivity contribution in [3.8, 4) is 0 Å². The van der Waals surface area contributed by atoms with Crippen LogP contribution in [0.5, 0.6) is 0 Å². The summed E-state index contributed by atoms with van der Waals surface area (Å²) >= 11 is 3.32. The van der Waals surface area contributed by atoms with Gasteiger partial charge in [0, 0.05) is 13.1 Å². The Morgan fingerprint density at radius 1 is 1.05 bits per heavy atom. The molecule has 0 radical (unpaired) electrons. The highest BCUT2D eigenvalue weighted by Gasteiger charge is 2.11. The molecule has 2 aromatic rings. The third kappa shape index (κ3) is 4.43. The van der Waals surface area contributed by atoms with E-state index in [2.05, 4.69) is 50.4 Å². The fraction of sp³-hybridized carbons (Fsp3) is 0.412. The van der Waals surface area contributed by atoms with Gasteiger partial charge in [-0.1, -0.05) is 24.3 Å². The zero-order valence-corrected chi connectivity index (χ0v) is 13.7. The smallest absolute Gasteiger partial charge is 0.169 e. The molecule has 1 aliphatic rings. The van der Waals surface area contributed by atoms with Gasteiger partial charge in [0.15, 0.2) is 4.67 Å². The number of rotatable bonds is 6. The molecule has 0 bridgehead atoms. The average Bonchev–Trinajstić information content (AvgIpc) is 3.11. The molecular formula is C17H21BrN2O. The van der Waals surface area contributed by atoms with Gasteiger partial charge in [0.05, 0.1) is 6.54 Å². The highest BCUT2D eigenvalue weighted by Crippen LogP contribution is 2.15. The van der Waals surface area contributed by atoms with Gasteiger partial charge in [0.25, 0.3) is 0 Å². The van der Waals surface area contributed by atoms with Gasteiger partial charge in [0.1, 0.15) is 5.76 Å². The molecule has 1 aromatic carbocycles. The Bertz CT molecular complexity index is 576. The third-order valence-electron chi connectivity index (χ3n) is 3.85. The van der Waals surface area contributed by atoms with Crippen molar-refractivity contribution in [2.75, 3.05) is 13.1 Å². The molecule has 1 N–H and O–H groups in total. The van der Waals surface area contributed by atoms with Crippen LogP contribution in [0.2, 0.25) is 0 Å². The average molecular weight is 349 g/mol. The van der Waals surface area contributed by atoms with E-state index in [1.807, 2.05) is 12.1 Å². The van der Waals surface area contributed by atoms with Gasteiger partial charge in [-0.15, -0.1) is 0 Å². The van der Waals surface area contributed by atoms with E-state index in [9.17, 15) is 0 Å². The van der Waals surface area contributed by atoms with E-state index in [0.29, 0.717) is 0 Å². The van der Waals surface area contributed by atoms with Crippen LogP contribution in [0.1, 0.15) is 29.7 Å². The summed E-state index contributed by atoms with van der Waals surface area (Å²) in [5.74, 6) is 0.954. The Hall–Kier alpha value is -1.10. The van der Waals surface area contributed by atoms with Crippen LogP contribution in [0.4, 0.5) is 0 Å². The van der Waals surface area contributed by atoms with Crippen LogP contribution >= 0.6 is 15.9 Å². The minimum Gasteiger partial charge on any atom is -0.453 e. The topological polar surface area (TPSA) is 28.4 Å². The van der Waals surface area contributed by atoms with Gasteiger partial charge in [-0.25, -0.2) is 0 Å². The van der Waals surface area contributed by atoms with E-state index in [-0.39, 0.29) is 0 Å². The van der Waals surface area contributed by atoms with Crippen molar-refractivity contribution >= 4 is 15.9 Å². The molecule has 3 rings (SSSR count). The van der Waals surface area contributed by atoms with Crippen molar-refractivity contribution in [1.29, 1.82) is 0 Å². The molecule has 1 aliphatic heterocycles. The van der Waals surface area contributed by atoms with E-state index >= 15 is 0 Å². The molecule has 0 amide bonds. The van der Waals surface area contributed by atoms with Crippen molar-refractivity contribution in [1.82, 2.24) is 10.2 Å². The molecule has 4 heteroatoms. The van der Waals surface area contributed by atoms with E-state index in [0.717, 1.165) is 30.1 Å². The Labute approximate surface area is 134 Å². The van der Waals surface area contributed by atoms with Crippen molar-refractivity contribution < 1.29 is 4.42 Å². The van der Waals surface area contributed by atoms with E-state index in [4.69, 9.17) is 4.42 Å². The molecule has 2 heterocycles. The first-order valence-corrected chi connectivity index (χ1v) is 8.34. The maximum Gasteiger partial charge on any atom is 0.169 e. The van der Waals surface area contributed by atoms with Crippen molar-refractivity contribution in [2.24, 2.45) is 0 Å². The lowest BCUT2D eigenvalue weighted by molar-refractivity contribution is 0.331. The lowest BCUT2D eigenvalue weighted by atomic mass is 10.1. The SMILES string of the molecule is Brc1ccc(CNCc2cccc(CN3CCCC3)c2)o1. The summed E-state index contributed by atoms with van der Waals surface area (Å²) in [6, 6.07) is 12.8. The number of hydrogen-bond donors (Lipinski definition) is 1. The molecule has 0 saturated carbocycles. The number of likely N-dealkylation sites (tertiary alicyclic amines) is 1. The largest absolute Gasteiger partial charge is 0.453 e. The minimum atomic E-state index is 0.752. The van der Waals surface area contributed by atoms with Crippen molar-refractivity contribution in [2.45, 2.75) is 32.5 Å². The van der Waals surface area contributed by atoms with E-state index in [1.54, 1.807) is 0 Å². The van der Waals surface area contributed by atoms with Gasteiger partial charge in [0.2, 0.25) is 0 Å². The second-order valence-corrected chi connectivity index (χ2v) is 6.39. The summed E-state index contributed by atoms with van der Waals surface area (Å²) in [4.78, 5) is 2.53. The molecule has 0 aliphatic carbocycles. The number of benzene rings is 1. The molecule has 0 unspecified atom stereocenters. The third-order valence-corrected chi connectivity index (χ3v) is 4.28. The number of hydrogen-bond acceptors (Lipinski definition) is 3. The molecule has 1 fully saturated rings. The zero-order chi connectivity index (χ0) is 14.5. The first kappa shape index (κ1) is 14.8. The molecule has 21 heavy (non-hydrogen) atoms. The summed E-state index contributed by atoms with van der Waals surface area (Å²) < 4.78 is 6.27. The predicted molar refractivity (Wildman–Crippen MR) is 87.9 cm³/mol. The van der Waals surface area contributed by atoms with Crippen molar-refractivity contribution in [3.63, 3.8) is 0 Å². The van der Waals surface area contributed by atoms with Gasteiger partial charge < -0.3 is 9.73 Å². The van der Waals surface area contributed by atoms with Crippen molar-refractivity contribution in [3.05, 3.63) is 58.0 Å². The van der Waals surface area contributed by atoms with Crippen LogP contribution in [0.15, 0.2) is 45.5 Å². The quantitative estimate of drug-likeness (QED) is 0.857. The molecule has 3 nitrogen and oxygen atoms in total. The van der Waals surface area contributed by atoms with E-state index < -0.39 is 0 Å². The fourth-order valence-corrected chi connectivity index (χ4v) is 3.15. The first-order chi connectivity index (χ1) is 10.3. The minimum absolute atomic E-state index is 0.752. The normalized spacial score (nSPS) is 15.7. The van der Waals surface area contributed by atoms with Crippen LogP contribution in [-0.2, 0) is 19.6 Å². The summed E-state index contributed by atoms with van der Waals surface area (Å²) in [5, 5.41) is 3.42. The van der Waals surface area contributed by atoms with Crippen LogP contribution in [0.3, 0.4) is 0 Å². The summed E-state index contributed by atoms with van der Waals surface area (Å²) in [6.45, 7) is 5.19. The second kappa shape index (κ2) is 7.25. The summed E-state index contributed by atoms with van der Waals surface area (Å²) in [7, 11) is 0. The molecule has 0 atom stereocenters. The van der Waals surface area contributed by atoms with Crippen LogP contribution < -0.4 is 5.32 Å². The van der Waals surface area contributed by atoms with Gasteiger partial charge in [-0.2, -0.15) is 0 Å². The fourth-order valence-electron chi connectivity index (χ4n) is 2.81. The summed E-state index contributed by atoms with van der Waals surface area (Å²) in [5.41, 5.74) is 2.74. The van der Waals surface area contributed by atoms with Crippen LogP contribution in [0, 0.1) is 0 Å². The lowest BCUT2D eigenvalue weighted by Gasteiger charge is -2.15. The molecule has 1 saturated heterocycles. The van der Waals surface area contributed by atoms with Gasteiger partial charge >= 0.3 is 0 Å². The second-order valence-electron chi connectivity index (χ2n) is 5.61. The molecular weight excluding hydrogens is 328 g/mol. The highest BCUT2D eigenvalue weighted by molar-refractivity contribution is 9.10. The van der Waals surface area contributed by atoms with E-state index in [1.165, 1.54) is 37.1 Å². The first-order valence-electron chi connectivity index (χ1n) is 7.55. The number of furan rings is 1. The van der Waals surface area contributed by atoms with Gasteiger partial charge in [-0.3, -0.25) is 4.90 Å². The highest BCUT2D eigenvalue weighted by atomic mass is 79.9. The Kier molecular flexibility index (Phi) is 5.12. The Balaban J connectivity index is 1.50. The maximum atomic E-state index is 5.48. The Morgan fingerprint density at radius 3 is 2.62 bits per heavy atom. The van der Waals surface area contributed by atoms with Crippen LogP contribution in [0.25, 0.3) is 0 Å². The molecule has 112 valence electrons. The monoisotopic (exact) mass is 348 g/mol. The molecule has 0 spiro atoms. The van der Waals surface area contributed by atoms with Crippen LogP contribution in [-0.4, -0.2) is 18.0 Å². The number of nitrogens with one attached hydrogen (secondary N) is 1. The van der Waals surface area contributed by atoms with Gasteiger partial charge in [-0.05, 0) is 65.1 Å². The number of halogens is 1.